The van der Waals surface area contributed by atoms with E-state index in [0.717, 1.165) is 6.07 Å². The lowest BCUT2D eigenvalue weighted by molar-refractivity contribution is 0.0696. The molecule has 0 spiro atoms. The zero-order chi connectivity index (χ0) is 9.84. The molecule has 13 heavy (non-hydrogen) atoms. The molecule has 0 atom stereocenters. The van der Waals surface area contributed by atoms with Crippen LogP contribution in [0.15, 0.2) is 18.2 Å². The molecule has 0 aliphatic carbocycles. The minimum atomic E-state index is -1.12. The van der Waals surface area contributed by atoms with Crippen molar-refractivity contribution in [2.75, 3.05) is 7.05 Å². The number of benzene rings is 1. The second-order valence-electron chi connectivity index (χ2n) is 2.64. The van der Waals surface area contributed by atoms with E-state index in [1.54, 1.807) is 7.05 Å². The van der Waals surface area contributed by atoms with Crippen LogP contribution in [0.4, 0.5) is 4.39 Å². The lowest BCUT2D eigenvalue weighted by Crippen LogP contribution is -2.08. The van der Waals surface area contributed by atoms with Gasteiger partial charge < -0.3 is 10.4 Å². The maximum absolute atomic E-state index is 13.1. The van der Waals surface area contributed by atoms with Gasteiger partial charge in [0.2, 0.25) is 0 Å². The first-order valence-electron chi connectivity index (χ1n) is 3.81. The Bertz CT molecular complexity index is 325. The first kappa shape index (κ1) is 9.67. The molecule has 1 rings (SSSR count). The second-order valence-corrected chi connectivity index (χ2v) is 2.64. The summed E-state index contributed by atoms with van der Waals surface area (Å²) < 4.78 is 13.1. The molecule has 70 valence electrons. The fourth-order valence-corrected chi connectivity index (χ4v) is 1.01. The molecule has 0 aromatic heterocycles. The highest BCUT2D eigenvalue weighted by Crippen LogP contribution is 2.10. The van der Waals surface area contributed by atoms with Crippen LogP contribution in [0.5, 0.6) is 0 Å². The monoisotopic (exact) mass is 183 g/mol. The van der Waals surface area contributed by atoms with Crippen LogP contribution < -0.4 is 5.32 Å². The Balaban J connectivity index is 2.98. The van der Waals surface area contributed by atoms with E-state index in [-0.39, 0.29) is 5.56 Å². The standard InChI is InChI=1S/C9H10FNO2/c1-11-5-7-3-2-6(9(12)13)4-8(7)10/h2-4,11H,5H2,1H3,(H,12,13). The van der Waals surface area contributed by atoms with E-state index in [1.807, 2.05) is 0 Å². The minimum Gasteiger partial charge on any atom is -0.478 e. The zero-order valence-electron chi connectivity index (χ0n) is 7.17. The van der Waals surface area contributed by atoms with Crippen LogP contribution in [0.2, 0.25) is 0 Å². The molecular weight excluding hydrogens is 173 g/mol. The average molecular weight is 183 g/mol. The molecule has 0 saturated heterocycles. The van der Waals surface area contributed by atoms with Crippen molar-refractivity contribution in [1.29, 1.82) is 0 Å². The molecule has 0 unspecified atom stereocenters. The van der Waals surface area contributed by atoms with Gasteiger partial charge in [0.15, 0.2) is 0 Å². The van der Waals surface area contributed by atoms with Crippen LogP contribution in [0.1, 0.15) is 15.9 Å². The predicted octanol–water partition coefficient (Wildman–Crippen LogP) is 1.24. The number of nitrogens with one attached hydrogen (secondary N) is 1. The number of rotatable bonds is 3. The van der Waals surface area contributed by atoms with Gasteiger partial charge in [-0.3, -0.25) is 0 Å². The lowest BCUT2D eigenvalue weighted by atomic mass is 10.1. The third-order valence-corrected chi connectivity index (χ3v) is 1.67. The van der Waals surface area contributed by atoms with Gasteiger partial charge in [-0.25, -0.2) is 9.18 Å². The molecular formula is C9H10FNO2. The van der Waals surface area contributed by atoms with Crippen LogP contribution in [0.3, 0.4) is 0 Å². The van der Waals surface area contributed by atoms with Gasteiger partial charge in [0.1, 0.15) is 5.82 Å². The van der Waals surface area contributed by atoms with E-state index in [2.05, 4.69) is 5.32 Å². The number of carbonyl (C=O) groups is 1. The van der Waals surface area contributed by atoms with Crippen molar-refractivity contribution in [2.24, 2.45) is 0 Å². The molecule has 1 aromatic carbocycles. The van der Waals surface area contributed by atoms with Gasteiger partial charge in [-0.05, 0) is 19.2 Å². The molecule has 0 aliphatic rings. The average Bonchev–Trinajstić information content (AvgIpc) is 2.08. The van der Waals surface area contributed by atoms with Crippen molar-refractivity contribution in [3.8, 4) is 0 Å². The zero-order valence-corrected chi connectivity index (χ0v) is 7.17. The molecule has 2 N–H and O–H groups in total. The Labute approximate surface area is 75.2 Å². The maximum Gasteiger partial charge on any atom is 0.335 e. The van der Waals surface area contributed by atoms with Crippen LogP contribution in [-0.4, -0.2) is 18.1 Å². The number of halogens is 1. The van der Waals surface area contributed by atoms with E-state index in [4.69, 9.17) is 5.11 Å². The van der Waals surface area contributed by atoms with Crippen LogP contribution in [0.25, 0.3) is 0 Å². The van der Waals surface area contributed by atoms with Crippen LogP contribution in [0, 0.1) is 5.82 Å². The smallest absolute Gasteiger partial charge is 0.335 e. The third-order valence-electron chi connectivity index (χ3n) is 1.67. The van der Waals surface area contributed by atoms with Gasteiger partial charge >= 0.3 is 5.97 Å². The Morgan fingerprint density at radius 3 is 2.77 bits per heavy atom. The predicted molar refractivity (Wildman–Crippen MR) is 46.1 cm³/mol. The Morgan fingerprint density at radius 1 is 1.62 bits per heavy atom. The van der Waals surface area contributed by atoms with Crippen molar-refractivity contribution in [1.82, 2.24) is 5.32 Å². The van der Waals surface area contributed by atoms with Crippen molar-refractivity contribution >= 4 is 5.97 Å². The van der Waals surface area contributed by atoms with E-state index in [0.29, 0.717) is 12.1 Å². The van der Waals surface area contributed by atoms with Crippen molar-refractivity contribution in [3.05, 3.63) is 35.1 Å². The van der Waals surface area contributed by atoms with Gasteiger partial charge in [0, 0.05) is 12.1 Å². The normalized spacial score (nSPS) is 10.0. The van der Waals surface area contributed by atoms with Gasteiger partial charge in [-0.1, -0.05) is 6.07 Å². The number of aromatic carboxylic acids is 1. The van der Waals surface area contributed by atoms with Crippen LogP contribution >= 0.6 is 0 Å². The molecule has 0 saturated carbocycles. The van der Waals surface area contributed by atoms with Crippen molar-refractivity contribution in [2.45, 2.75) is 6.54 Å². The number of hydrogen-bond donors (Lipinski definition) is 2. The highest BCUT2D eigenvalue weighted by Gasteiger charge is 2.06. The van der Waals surface area contributed by atoms with E-state index < -0.39 is 11.8 Å². The van der Waals surface area contributed by atoms with Gasteiger partial charge in [-0.15, -0.1) is 0 Å². The molecule has 0 aliphatic heterocycles. The highest BCUT2D eigenvalue weighted by molar-refractivity contribution is 5.87. The Hall–Kier alpha value is -1.42. The Kier molecular flexibility index (Phi) is 2.97. The second kappa shape index (κ2) is 4.00. The Morgan fingerprint density at radius 2 is 2.31 bits per heavy atom. The summed E-state index contributed by atoms with van der Waals surface area (Å²) in [4.78, 5) is 10.4. The summed E-state index contributed by atoms with van der Waals surface area (Å²) in [7, 11) is 1.70. The van der Waals surface area contributed by atoms with E-state index in [9.17, 15) is 9.18 Å². The molecule has 0 fully saturated rings. The first-order chi connectivity index (χ1) is 6.15. The topological polar surface area (TPSA) is 49.3 Å². The summed E-state index contributed by atoms with van der Waals surface area (Å²) in [6, 6.07) is 3.88. The summed E-state index contributed by atoms with van der Waals surface area (Å²) in [6.07, 6.45) is 0. The summed E-state index contributed by atoms with van der Waals surface area (Å²) >= 11 is 0. The number of carboxylic acids is 1. The van der Waals surface area contributed by atoms with Crippen LogP contribution in [-0.2, 0) is 6.54 Å². The van der Waals surface area contributed by atoms with E-state index in [1.165, 1.54) is 12.1 Å². The van der Waals surface area contributed by atoms with Crippen molar-refractivity contribution in [3.63, 3.8) is 0 Å². The number of carboxylic acid groups (broad SMARTS) is 1. The summed E-state index contributed by atoms with van der Waals surface area (Å²) in [6.45, 7) is 0.395. The highest BCUT2D eigenvalue weighted by atomic mass is 19.1. The van der Waals surface area contributed by atoms with Gasteiger partial charge in [0.05, 0.1) is 5.56 Å². The minimum absolute atomic E-state index is 0.0302. The SMILES string of the molecule is CNCc1ccc(C(=O)O)cc1F. The number of hydrogen-bond acceptors (Lipinski definition) is 2. The molecule has 0 heterocycles. The molecule has 1 aromatic rings. The fraction of sp³-hybridized carbons (Fsp3) is 0.222. The summed E-state index contributed by atoms with van der Waals surface area (Å²) in [5.74, 6) is -1.61. The molecule has 0 amide bonds. The fourth-order valence-electron chi connectivity index (χ4n) is 1.01. The van der Waals surface area contributed by atoms with Gasteiger partial charge in [-0.2, -0.15) is 0 Å². The van der Waals surface area contributed by atoms with E-state index >= 15 is 0 Å². The van der Waals surface area contributed by atoms with Gasteiger partial charge in [0.25, 0.3) is 0 Å². The molecule has 4 heteroatoms. The summed E-state index contributed by atoms with van der Waals surface area (Å²) in [5.41, 5.74) is 0.435. The lowest BCUT2D eigenvalue weighted by Gasteiger charge is -2.02. The molecule has 0 radical (unpaired) electrons. The molecule has 0 bridgehead atoms. The third kappa shape index (κ3) is 2.26. The van der Waals surface area contributed by atoms with Crippen molar-refractivity contribution < 1.29 is 14.3 Å². The first-order valence-corrected chi connectivity index (χ1v) is 3.81. The quantitative estimate of drug-likeness (QED) is 0.741. The largest absolute Gasteiger partial charge is 0.478 e. The molecule has 3 nitrogen and oxygen atoms in total. The maximum atomic E-state index is 13.1. The summed E-state index contributed by atoms with van der Waals surface area (Å²) in [5, 5.41) is 11.3.